The molecule has 0 spiro atoms. The zero-order chi connectivity index (χ0) is 8.69. The highest BCUT2D eigenvalue weighted by atomic mass is 35.7. The van der Waals surface area contributed by atoms with Gasteiger partial charge in [0.1, 0.15) is 0 Å². The molecule has 0 heterocycles. The van der Waals surface area contributed by atoms with Crippen molar-refractivity contribution in [2.75, 3.05) is 6.16 Å². The van der Waals surface area contributed by atoms with Gasteiger partial charge in [0.25, 0.3) is 0 Å². The fourth-order valence-corrected chi connectivity index (χ4v) is 2.55. The Labute approximate surface area is 75.1 Å². The molecule has 3 heteroatoms. The Bertz CT molecular complexity index is 117. The van der Waals surface area contributed by atoms with Gasteiger partial charge >= 0.3 is 7.15 Å². The lowest BCUT2D eigenvalue weighted by molar-refractivity contribution is 0.490. The molecule has 1 nitrogen and oxygen atoms in total. The lowest BCUT2D eigenvalue weighted by atomic mass is 10.0. The molecule has 66 valence electrons. The first-order valence-corrected chi connectivity index (χ1v) is 6.66. The molecule has 0 rings (SSSR count). The third-order valence-corrected chi connectivity index (χ3v) is 3.16. The van der Waals surface area contributed by atoms with Crippen LogP contribution in [0.4, 0.5) is 0 Å². The number of rotatable bonds is 6. The van der Waals surface area contributed by atoms with E-state index >= 15 is 0 Å². The molecule has 2 atom stereocenters. The SMILES string of the molecule is CCCCC(CC)C[P+](=O)Cl. The molecule has 0 aliphatic heterocycles. The molecule has 2 unspecified atom stereocenters. The minimum absolute atomic E-state index is 0.580. The molecule has 0 aromatic carbocycles. The van der Waals surface area contributed by atoms with E-state index < -0.39 is 7.15 Å². The van der Waals surface area contributed by atoms with Crippen molar-refractivity contribution in [1.29, 1.82) is 0 Å². The molecule has 0 radical (unpaired) electrons. The molecule has 0 amide bonds. The number of hydrogen-bond donors (Lipinski definition) is 0. The summed E-state index contributed by atoms with van der Waals surface area (Å²) in [6.45, 7) is 4.31. The summed E-state index contributed by atoms with van der Waals surface area (Å²) >= 11 is 5.44. The molecule has 0 aromatic rings. The van der Waals surface area contributed by atoms with Crippen LogP contribution in [0, 0.1) is 5.92 Å². The van der Waals surface area contributed by atoms with E-state index in [-0.39, 0.29) is 0 Å². The Morgan fingerprint density at radius 3 is 2.45 bits per heavy atom. The van der Waals surface area contributed by atoms with Crippen molar-refractivity contribution < 1.29 is 4.57 Å². The average molecular weight is 196 g/mol. The molecule has 0 aliphatic rings. The van der Waals surface area contributed by atoms with E-state index in [0.717, 1.165) is 6.42 Å². The van der Waals surface area contributed by atoms with Gasteiger partial charge in [-0.2, -0.15) is 0 Å². The summed E-state index contributed by atoms with van der Waals surface area (Å²) in [6, 6.07) is 0. The average Bonchev–Trinajstić information content (AvgIpc) is 1.97. The van der Waals surface area contributed by atoms with Crippen molar-refractivity contribution >= 4 is 18.4 Å². The predicted molar refractivity (Wildman–Crippen MR) is 51.6 cm³/mol. The molecule has 0 fully saturated rings. The maximum Gasteiger partial charge on any atom is 0.455 e. The van der Waals surface area contributed by atoms with Crippen molar-refractivity contribution in [1.82, 2.24) is 0 Å². The topological polar surface area (TPSA) is 17.1 Å². The Hall–Kier alpha value is 0.390. The number of halogens is 1. The van der Waals surface area contributed by atoms with E-state index in [1.54, 1.807) is 0 Å². The fourth-order valence-electron chi connectivity index (χ4n) is 1.12. The van der Waals surface area contributed by atoms with Crippen molar-refractivity contribution in [2.45, 2.75) is 39.5 Å². The maximum absolute atomic E-state index is 10.7. The standard InChI is InChI=1S/C8H17ClOP/c1-3-5-6-8(4-2)7-11(9)10/h8H,3-7H2,1-2H3/q+1. The highest BCUT2D eigenvalue weighted by molar-refractivity contribution is 7.73. The summed E-state index contributed by atoms with van der Waals surface area (Å²) < 4.78 is 10.7. The summed E-state index contributed by atoms with van der Waals surface area (Å²) in [6.07, 6.45) is 5.44. The van der Waals surface area contributed by atoms with E-state index in [2.05, 4.69) is 13.8 Å². The molecular formula is C8H17ClOP+. The maximum atomic E-state index is 10.7. The van der Waals surface area contributed by atoms with Crippen molar-refractivity contribution in [2.24, 2.45) is 5.92 Å². The monoisotopic (exact) mass is 195 g/mol. The first-order chi connectivity index (χ1) is 5.20. The summed E-state index contributed by atoms with van der Waals surface area (Å²) in [4.78, 5) is 0. The highest BCUT2D eigenvalue weighted by Crippen LogP contribution is 2.32. The van der Waals surface area contributed by atoms with Crippen LogP contribution in [-0.4, -0.2) is 6.16 Å². The minimum atomic E-state index is -1.44. The van der Waals surface area contributed by atoms with E-state index in [9.17, 15) is 4.57 Å². The quantitative estimate of drug-likeness (QED) is 0.581. The number of hydrogen-bond acceptors (Lipinski definition) is 1. The molecule has 0 bridgehead atoms. The normalized spacial score (nSPS) is 14.6. The Kier molecular flexibility index (Phi) is 7.31. The van der Waals surface area contributed by atoms with Crippen LogP contribution >= 0.6 is 18.4 Å². The molecule has 0 saturated heterocycles. The van der Waals surface area contributed by atoms with Crippen LogP contribution < -0.4 is 0 Å². The summed E-state index contributed by atoms with van der Waals surface area (Å²) in [5.74, 6) is 0.580. The molecular weight excluding hydrogens is 179 g/mol. The van der Waals surface area contributed by atoms with Gasteiger partial charge < -0.3 is 0 Å². The summed E-state index contributed by atoms with van der Waals surface area (Å²) in [5, 5.41) is 0. The first-order valence-electron chi connectivity index (χ1n) is 4.31. The first kappa shape index (κ1) is 11.4. The second kappa shape index (κ2) is 7.06. The largest absolute Gasteiger partial charge is 0.455 e. The minimum Gasteiger partial charge on any atom is -0.0654 e. The van der Waals surface area contributed by atoms with E-state index in [1.165, 1.54) is 19.3 Å². The molecule has 0 N–H and O–H groups in total. The van der Waals surface area contributed by atoms with Crippen LogP contribution in [0.2, 0.25) is 0 Å². The van der Waals surface area contributed by atoms with Gasteiger partial charge in [-0.15, -0.1) is 0 Å². The fraction of sp³-hybridized carbons (Fsp3) is 1.00. The zero-order valence-corrected chi connectivity index (χ0v) is 9.00. The van der Waals surface area contributed by atoms with Crippen LogP contribution in [0.1, 0.15) is 39.5 Å². The smallest absolute Gasteiger partial charge is 0.0654 e. The van der Waals surface area contributed by atoms with Gasteiger partial charge in [-0.05, 0) is 12.8 Å². The van der Waals surface area contributed by atoms with Crippen LogP contribution in [-0.2, 0) is 4.57 Å². The Morgan fingerprint density at radius 2 is 2.09 bits per heavy atom. The van der Waals surface area contributed by atoms with Gasteiger partial charge in [0.15, 0.2) is 6.16 Å². The van der Waals surface area contributed by atoms with E-state index in [4.69, 9.17) is 11.2 Å². The van der Waals surface area contributed by atoms with Crippen LogP contribution in [0.15, 0.2) is 0 Å². The van der Waals surface area contributed by atoms with Crippen LogP contribution in [0.3, 0.4) is 0 Å². The lowest BCUT2D eigenvalue weighted by Gasteiger charge is -2.05. The van der Waals surface area contributed by atoms with Crippen molar-refractivity contribution in [3.63, 3.8) is 0 Å². The van der Waals surface area contributed by atoms with E-state index in [1.807, 2.05) is 0 Å². The summed E-state index contributed by atoms with van der Waals surface area (Å²) in [5.41, 5.74) is 0. The van der Waals surface area contributed by atoms with Gasteiger partial charge in [0, 0.05) is 5.92 Å². The third-order valence-electron chi connectivity index (χ3n) is 1.95. The Balaban J connectivity index is 3.49. The lowest BCUT2D eigenvalue weighted by Crippen LogP contribution is -2.00. The van der Waals surface area contributed by atoms with Crippen molar-refractivity contribution in [3.8, 4) is 0 Å². The molecule has 11 heavy (non-hydrogen) atoms. The number of unbranched alkanes of at least 4 members (excludes halogenated alkanes) is 1. The Morgan fingerprint density at radius 1 is 1.45 bits per heavy atom. The van der Waals surface area contributed by atoms with Gasteiger partial charge in [-0.1, -0.05) is 31.3 Å². The predicted octanol–water partition coefficient (Wildman–Crippen LogP) is 4.18. The molecule has 0 aliphatic carbocycles. The summed E-state index contributed by atoms with van der Waals surface area (Å²) in [7, 11) is -1.44. The van der Waals surface area contributed by atoms with Gasteiger partial charge in [0.2, 0.25) is 11.2 Å². The van der Waals surface area contributed by atoms with Gasteiger partial charge in [-0.25, -0.2) is 0 Å². The van der Waals surface area contributed by atoms with E-state index in [0.29, 0.717) is 12.1 Å². The zero-order valence-electron chi connectivity index (χ0n) is 7.35. The highest BCUT2D eigenvalue weighted by Gasteiger charge is 2.18. The molecule has 0 saturated carbocycles. The van der Waals surface area contributed by atoms with Crippen LogP contribution in [0.25, 0.3) is 0 Å². The van der Waals surface area contributed by atoms with Gasteiger partial charge in [-0.3, -0.25) is 0 Å². The third kappa shape index (κ3) is 6.77. The second-order valence-corrected chi connectivity index (χ2v) is 5.05. The van der Waals surface area contributed by atoms with Crippen molar-refractivity contribution in [3.05, 3.63) is 0 Å². The van der Waals surface area contributed by atoms with Crippen LogP contribution in [0.5, 0.6) is 0 Å². The second-order valence-electron chi connectivity index (χ2n) is 2.92. The molecule has 0 aromatic heterocycles. The van der Waals surface area contributed by atoms with Gasteiger partial charge in [0.05, 0.1) is 0 Å².